The Hall–Kier alpha value is -1.96. The van der Waals surface area contributed by atoms with Crippen molar-refractivity contribution in [3.8, 4) is 11.5 Å². The second-order valence-electron chi connectivity index (χ2n) is 4.63. The molecular weight excluding hydrogens is 210 g/mol. The van der Waals surface area contributed by atoms with Crippen LogP contribution in [0.2, 0.25) is 0 Å². The molecule has 0 atom stereocenters. The normalized spacial score (nSPS) is 12.8. The average molecular weight is 223 g/mol. The average Bonchev–Trinajstić information content (AvgIpc) is 3.03. The molecule has 3 aromatic rings. The predicted octanol–water partition coefficient (Wildman–Crippen LogP) is 4.38. The third kappa shape index (κ3) is 1.15. The number of H-pyrrole nitrogens is 1. The topological polar surface area (TPSA) is 28.3 Å². The molecule has 0 spiro atoms. The van der Waals surface area contributed by atoms with E-state index in [9.17, 15) is 0 Å². The highest BCUT2D eigenvalue weighted by atomic mass is 16.6. The second-order valence-corrected chi connectivity index (χ2v) is 4.63. The zero-order chi connectivity index (χ0) is 11.4. The summed E-state index contributed by atoms with van der Waals surface area (Å²) in [7, 11) is 0. The standard InChI is InChI=1S/C15H13NO/c1-2-5-10-14-11(8-13-15(10)17-13)9-6-3-4-7-12(9)16-14/h3-4,6-8,16H,2,5H2,1H3. The Morgan fingerprint density at radius 1 is 1.18 bits per heavy atom. The number of fused-ring (bicyclic) bond motifs is 4. The van der Waals surface area contributed by atoms with Crippen LogP contribution >= 0.6 is 0 Å². The van der Waals surface area contributed by atoms with Crippen molar-refractivity contribution < 1.29 is 4.74 Å². The molecule has 0 unspecified atom stereocenters. The van der Waals surface area contributed by atoms with Gasteiger partial charge in [0, 0.05) is 21.9 Å². The van der Waals surface area contributed by atoms with Crippen molar-refractivity contribution in [2.75, 3.05) is 0 Å². The van der Waals surface area contributed by atoms with E-state index in [0.717, 1.165) is 24.3 Å². The van der Waals surface area contributed by atoms with Gasteiger partial charge < -0.3 is 9.72 Å². The van der Waals surface area contributed by atoms with Gasteiger partial charge in [-0.2, -0.15) is 0 Å². The third-order valence-electron chi connectivity index (χ3n) is 3.49. The van der Waals surface area contributed by atoms with Crippen molar-refractivity contribution in [2.45, 2.75) is 19.8 Å². The lowest BCUT2D eigenvalue weighted by molar-refractivity contribution is 0.643. The van der Waals surface area contributed by atoms with Crippen LogP contribution in [0.3, 0.4) is 0 Å². The van der Waals surface area contributed by atoms with E-state index in [1.165, 1.54) is 27.4 Å². The monoisotopic (exact) mass is 223 g/mol. The van der Waals surface area contributed by atoms with Crippen LogP contribution in [0.1, 0.15) is 18.9 Å². The van der Waals surface area contributed by atoms with Gasteiger partial charge in [0.05, 0.1) is 5.52 Å². The summed E-state index contributed by atoms with van der Waals surface area (Å²) in [6.07, 6.45) is 2.22. The van der Waals surface area contributed by atoms with Crippen LogP contribution in [0, 0.1) is 0 Å². The van der Waals surface area contributed by atoms with Crippen LogP contribution in [0.5, 0.6) is 11.5 Å². The highest BCUT2D eigenvalue weighted by Crippen LogP contribution is 2.52. The number of hydrogen-bond acceptors (Lipinski definition) is 1. The minimum atomic E-state index is 1.06. The maximum atomic E-state index is 5.55. The van der Waals surface area contributed by atoms with Crippen LogP contribution in [0.15, 0.2) is 30.3 Å². The number of aromatic amines is 1. The first kappa shape index (κ1) is 9.11. The van der Waals surface area contributed by atoms with Gasteiger partial charge in [0.25, 0.3) is 0 Å². The molecular formula is C15H13NO. The SMILES string of the molecule is CCCc1c2c(cc3c1[nH]c1ccccc13)O2. The van der Waals surface area contributed by atoms with Crippen molar-refractivity contribution in [2.24, 2.45) is 0 Å². The predicted molar refractivity (Wildman–Crippen MR) is 69.9 cm³/mol. The van der Waals surface area contributed by atoms with E-state index in [1.54, 1.807) is 0 Å². The molecule has 2 heterocycles. The Morgan fingerprint density at radius 2 is 2.06 bits per heavy atom. The van der Waals surface area contributed by atoms with Gasteiger partial charge in [-0.05, 0) is 18.6 Å². The first-order valence-corrected chi connectivity index (χ1v) is 6.12. The molecule has 0 radical (unpaired) electrons. The van der Waals surface area contributed by atoms with Crippen molar-refractivity contribution in [3.63, 3.8) is 0 Å². The van der Waals surface area contributed by atoms with Crippen molar-refractivity contribution in [1.82, 2.24) is 4.98 Å². The highest BCUT2D eigenvalue weighted by Gasteiger charge is 2.27. The summed E-state index contributed by atoms with van der Waals surface area (Å²) >= 11 is 0. The lowest BCUT2D eigenvalue weighted by Crippen LogP contribution is -1.82. The van der Waals surface area contributed by atoms with E-state index < -0.39 is 0 Å². The number of hydrogen-bond donors (Lipinski definition) is 1. The van der Waals surface area contributed by atoms with E-state index in [0.29, 0.717) is 0 Å². The summed E-state index contributed by atoms with van der Waals surface area (Å²) in [5, 5.41) is 2.58. The number of rotatable bonds is 2. The summed E-state index contributed by atoms with van der Waals surface area (Å²) in [5.41, 5.74) is 3.81. The molecule has 0 bridgehead atoms. The fourth-order valence-corrected chi connectivity index (χ4v) is 2.67. The molecule has 4 rings (SSSR count). The maximum absolute atomic E-state index is 5.55. The summed E-state index contributed by atoms with van der Waals surface area (Å²) in [4.78, 5) is 3.53. The van der Waals surface area contributed by atoms with Crippen LogP contribution < -0.4 is 4.74 Å². The smallest absolute Gasteiger partial charge is 0.175 e. The Morgan fingerprint density at radius 3 is 2.94 bits per heavy atom. The van der Waals surface area contributed by atoms with Crippen molar-refractivity contribution in [3.05, 3.63) is 35.9 Å². The Labute approximate surface area is 99.2 Å². The van der Waals surface area contributed by atoms with Gasteiger partial charge in [-0.15, -0.1) is 0 Å². The van der Waals surface area contributed by atoms with Gasteiger partial charge in [-0.25, -0.2) is 0 Å². The molecule has 0 saturated carbocycles. The van der Waals surface area contributed by atoms with Crippen molar-refractivity contribution in [1.29, 1.82) is 0 Å². The third-order valence-corrected chi connectivity index (χ3v) is 3.49. The van der Waals surface area contributed by atoms with E-state index >= 15 is 0 Å². The van der Waals surface area contributed by atoms with Crippen molar-refractivity contribution >= 4 is 21.8 Å². The quantitative estimate of drug-likeness (QED) is 0.502. The fourth-order valence-electron chi connectivity index (χ4n) is 2.67. The highest BCUT2D eigenvalue weighted by molar-refractivity contribution is 6.10. The lowest BCUT2D eigenvalue weighted by Gasteiger charge is -1.96. The zero-order valence-corrected chi connectivity index (χ0v) is 9.71. The molecule has 2 aromatic carbocycles. The largest absolute Gasteiger partial charge is 0.449 e. The number of ether oxygens (including phenoxy) is 1. The summed E-state index contributed by atoms with van der Waals surface area (Å²) < 4.78 is 5.55. The molecule has 2 nitrogen and oxygen atoms in total. The van der Waals surface area contributed by atoms with Gasteiger partial charge in [-0.1, -0.05) is 31.5 Å². The van der Waals surface area contributed by atoms with Gasteiger partial charge >= 0.3 is 0 Å². The van der Waals surface area contributed by atoms with E-state index in [2.05, 4.69) is 42.2 Å². The molecule has 2 heteroatoms. The maximum Gasteiger partial charge on any atom is 0.175 e. The second kappa shape index (κ2) is 3.04. The van der Waals surface area contributed by atoms with Crippen LogP contribution in [-0.4, -0.2) is 4.98 Å². The molecule has 0 fully saturated rings. The molecule has 1 aliphatic rings. The van der Waals surface area contributed by atoms with E-state index in [1.807, 2.05) is 0 Å². The van der Waals surface area contributed by atoms with Gasteiger partial charge in [-0.3, -0.25) is 0 Å². The zero-order valence-electron chi connectivity index (χ0n) is 9.71. The molecule has 84 valence electrons. The number of aromatic nitrogens is 1. The number of benzene rings is 2. The molecule has 0 saturated heterocycles. The number of para-hydroxylation sites is 1. The van der Waals surface area contributed by atoms with Crippen LogP contribution in [0.25, 0.3) is 21.8 Å². The summed E-state index contributed by atoms with van der Waals surface area (Å²) in [6.45, 7) is 2.20. The van der Waals surface area contributed by atoms with Gasteiger partial charge in [0.1, 0.15) is 0 Å². The number of nitrogens with one attached hydrogen (secondary N) is 1. The van der Waals surface area contributed by atoms with Gasteiger partial charge in [0.15, 0.2) is 11.5 Å². The Balaban J connectivity index is 2.15. The minimum Gasteiger partial charge on any atom is -0.449 e. The van der Waals surface area contributed by atoms with E-state index in [4.69, 9.17) is 4.74 Å². The minimum absolute atomic E-state index is 1.06. The fraction of sp³-hybridized carbons (Fsp3) is 0.200. The first-order chi connectivity index (χ1) is 8.38. The van der Waals surface area contributed by atoms with Gasteiger partial charge in [0.2, 0.25) is 0 Å². The molecule has 0 amide bonds. The first-order valence-electron chi connectivity index (χ1n) is 6.12. The summed E-state index contributed by atoms with van der Waals surface area (Å²) in [6, 6.07) is 10.6. The Kier molecular flexibility index (Phi) is 1.63. The van der Waals surface area contributed by atoms with E-state index in [-0.39, 0.29) is 0 Å². The van der Waals surface area contributed by atoms with Crippen LogP contribution in [0.4, 0.5) is 0 Å². The van der Waals surface area contributed by atoms with Crippen LogP contribution in [-0.2, 0) is 6.42 Å². The molecule has 1 N–H and O–H groups in total. The molecule has 0 aliphatic carbocycles. The lowest BCUT2D eigenvalue weighted by atomic mass is 10.1. The Bertz CT molecular complexity index is 739. The summed E-state index contributed by atoms with van der Waals surface area (Å²) in [5.74, 6) is 2.16. The number of aryl methyl sites for hydroxylation is 1. The molecule has 1 aliphatic heterocycles. The molecule has 1 aromatic heterocycles. The molecule has 17 heavy (non-hydrogen) atoms.